The molecule has 0 heterocycles. The zero-order valence-electron chi connectivity index (χ0n) is 11.1. The summed E-state index contributed by atoms with van der Waals surface area (Å²) < 4.78 is 0. The van der Waals surface area contributed by atoms with Crippen LogP contribution in [0.3, 0.4) is 0 Å². The minimum Gasteiger partial charge on any atom is -0.299 e. The summed E-state index contributed by atoms with van der Waals surface area (Å²) in [5.74, 6) is 0. The molecule has 1 unspecified atom stereocenters. The van der Waals surface area contributed by atoms with E-state index in [1.807, 2.05) is 0 Å². The van der Waals surface area contributed by atoms with Gasteiger partial charge in [0.2, 0.25) is 0 Å². The minimum atomic E-state index is 0.313. The van der Waals surface area contributed by atoms with E-state index in [9.17, 15) is 0 Å². The van der Waals surface area contributed by atoms with Gasteiger partial charge in [0.15, 0.2) is 0 Å². The number of nitrogens with zero attached hydrogens (tertiary/aromatic N) is 1. The third-order valence-corrected chi connectivity index (χ3v) is 3.12. The molecule has 0 aliphatic rings. The van der Waals surface area contributed by atoms with E-state index in [2.05, 4.69) is 46.6 Å². The molecule has 86 valence electrons. The number of unbranched alkanes of at least 4 members (excludes halogenated alkanes) is 1. The van der Waals surface area contributed by atoms with Gasteiger partial charge >= 0.3 is 0 Å². The highest BCUT2D eigenvalue weighted by Crippen LogP contribution is 2.21. The fourth-order valence-electron chi connectivity index (χ4n) is 1.85. The molecule has 0 saturated heterocycles. The van der Waals surface area contributed by atoms with Crippen LogP contribution < -0.4 is 0 Å². The quantitative estimate of drug-likeness (QED) is 0.623. The Bertz CT molecular complexity index is 135. The molecule has 0 bridgehead atoms. The van der Waals surface area contributed by atoms with Crippen LogP contribution in [0.5, 0.6) is 0 Å². The van der Waals surface area contributed by atoms with Gasteiger partial charge in [0.25, 0.3) is 0 Å². The van der Waals surface area contributed by atoms with Crippen molar-refractivity contribution in [2.45, 2.75) is 78.3 Å². The Hall–Kier alpha value is -0.0400. The molecule has 0 aromatic carbocycles. The van der Waals surface area contributed by atoms with Gasteiger partial charge in [-0.05, 0) is 40.7 Å². The van der Waals surface area contributed by atoms with Crippen LogP contribution in [0.4, 0.5) is 0 Å². The fourth-order valence-corrected chi connectivity index (χ4v) is 1.85. The van der Waals surface area contributed by atoms with Crippen molar-refractivity contribution >= 4 is 0 Å². The van der Waals surface area contributed by atoms with E-state index in [-0.39, 0.29) is 0 Å². The lowest BCUT2D eigenvalue weighted by atomic mass is 9.97. The summed E-state index contributed by atoms with van der Waals surface area (Å²) in [6.45, 7) is 11.5. The Kier molecular flexibility index (Phi) is 6.43. The molecular formula is C13H29N. The molecule has 0 aromatic heterocycles. The fraction of sp³-hybridized carbons (Fsp3) is 1.00. The molecule has 0 rings (SSSR count). The maximum atomic E-state index is 2.55. The molecule has 0 aliphatic carbocycles. The summed E-state index contributed by atoms with van der Waals surface area (Å²) in [5.41, 5.74) is 0.313. The van der Waals surface area contributed by atoms with Gasteiger partial charge in [0, 0.05) is 11.6 Å². The van der Waals surface area contributed by atoms with Crippen molar-refractivity contribution in [3.05, 3.63) is 0 Å². The van der Waals surface area contributed by atoms with E-state index in [1.54, 1.807) is 0 Å². The predicted octanol–water partition coefficient (Wildman–Crippen LogP) is 4.08. The van der Waals surface area contributed by atoms with Gasteiger partial charge in [0.05, 0.1) is 0 Å². The zero-order chi connectivity index (χ0) is 11.2. The average Bonchev–Trinajstić information content (AvgIpc) is 2.09. The van der Waals surface area contributed by atoms with Crippen molar-refractivity contribution in [1.29, 1.82) is 0 Å². The maximum absolute atomic E-state index is 2.55. The standard InChI is InChI=1S/C13H29N/c1-7-9-11-12(10-8-2)14(6)13(3,4)5/h12H,7-11H2,1-6H3. The summed E-state index contributed by atoms with van der Waals surface area (Å²) in [4.78, 5) is 2.55. The van der Waals surface area contributed by atoms with Gasteiger partial charge in [-0.15, -0.1) is 0 Å². The lowest BCUT2D eigenvalue weighted by molar-refractivity contribution is 0.102. The molecule has 0 amide bonds. The van der Waals surface area contributed by atoms with E-state index >= 15 is 0 Å². The summed E-state index contributed by atoms with van der Waals surface area (Å²) in [6, 6.07) is 0.778. The maximum Gasteiger partial charge on any atom is 0.0124 e. The van der Waals surface area contributed by atoms with Crippen molar-refractivity contribution in [2.75, 3.05) is 7.05 Å². The zero-order valence-corrected chi connectivity index (χ0v) is 11.1. The second-order valence-electron chi connectivity index (χ2n) is 5.37. The van der Waals surface area contributed by atoms with Crippen LogP contribution in [0, 0.1) is 0 Å². The van der Waals surface area contributed by atoms with Gasteiger partial charge in [-0.2, -0.15) is 0 Å². The number of hydrogen-bond donors (Lipinski definition) is 0. The first kappa shape index (κ1) is 14.0. The van der Waals surface area contributed by atoms with Crippen LogP contribution in [-0.2, 0) is 0 Å². The molecule has 0 saturated carbocycles. The first-order valence-corrected chi connectivity index (χ1v) is 6.16. The van der Waals surface area contributed by atoms with Crippen molar-refractivity contribution in [1.82, 2.24) is 4.90 Å². The highest BCUT2D eigenvalue weighted by atomic mass is 15.2. The van der Waals surface area contributed by atoms with Crippen molar-refractivity contribution < 1.29 is 0 Å². The third-order valence-electron chi connectivity index (χ3n) is 3.12. The third kappa shape index (κ3) is 4.99. The van der Waals surface area contributed by atoms with Gasteiger partial charge in [-0.1, -0.05) is 33.1 Å². The molecule has 0 aliphatic heterocycles. The van der Waals surface area contributed by atoms with Crippen LogP contribution >= 0.6 is 0 Å². The Morgan fingerprint density at radius 1 is 1.00 bits per heavy atom. The first-order chi connectivity index (χ1) is 6.43. The molecule has 0 aromatic rings. The normalized spacial score (nSPS) is 14.8. The summed E-state index contributed by atoms with van der Waals surface area (Å²) in [7, 11) is 2.27. The van der Waals surface area contributed by atoms with Crippen molar-refractivity contribution in [3.8, 4) is 0 Å². The molecule has 0 N–H and O–H groups in total. The SMILES string of the molecule is CCCCC(CCC)N(C)C(C)(C)C. The van der Waals surface area contributed by atoms with E-state index in [4.69, 9.17) is 0 Å². The molecule has 0 fully saturated rings. The highest BCUT2D eigenvalue weighted by Gasteiger charge is 2.23. The Labute approximate surface area is 90.9 Å². The number of rotatable bonds is 6. The molecule has 1 heteroatoms. The van der Waals surface area contributed by atoms with E-state index in [0.717, 1.165) is 6.04 Å². The Morgan fingerprint density at radius 3 is 1.93 bits per heavy atom. The monoisotopic (exact) mass is 199 g/mol. The lowest BCUT2D eigenvalue weighted by Crippen LogP contribution is -2.45. The summed E-state index contributed by atoms with van der Waals surface area (Å²) in [5, 5.41) is 0. The van der Waals surface area contributed by atoms with Gasteiger partial charge in [0.1, 0.15) is 0 Å². The molecule has 14 heavy (non-hydrogen) atoms. The molecule has 0 radical (unpaired) electrons. The van der Waals surface area contributed by atoms with Crippen LogP contribution in [0.15, 0.2) is 0 Å². The van der Waals surface area contributed by atoms with Crippen LogP contribution in [0.25, 0.3) is 0 Å². The Balaban J connectivity index is 4.17. The van der Waals surface area contributed by atoms with E-state index < -0.39 is 0 Å². The van der Waals surface area contributed by atoms with Crippen LogP contribution in [0.1, 0.15) is 66.7 Å². The minimum absolute atomic E-state index is 0.313. The number of hydrogen-bond acceptors (Lipinski definition) is 1. The van der Waals surface area contributed by atoms with Crippen molar-refractivity contribution in [3.63, 3.8) is 0 Å². The molecule has 1 atom stereocenters. The smallest absolute Gasteiger partial charge is 0.0124 e. The second kappa shape index (κ2) is 6.44. The Morgan fingerprint density at radius 2 is 1.57 bits per heavy atom. The largest absolute Gasteiger partial charge is 0.299 e. The first-order valence-electron chi connectivity index (χ1n) is 6.16. The van der Waals surface area contributed by atoms with Gasteiger partial charge < -0.3 is 0 Å². The molecular weight excluding hydrogens is 170 g/mol. The molecule has 1 nitrogen and oxygen atoms in total. The van der Waals surface area contributed by atoms with Gasteiger partial charge in [-0.25, -0.2) is 0 Å². The summed E-state index contributed by atoms with van der Waals surface area (Å²) >= 11 is 0. The van der Waals surface area contributed by atoms with Crippen LogP contribution in [-0.4, -0.2) is 23.5 Å². The summed E-state index contributed by atoms with van der Waals surface area (Å²) in [6.07, 6.45) is 6.68. The second-order valence-corrected chi connectivity index (χ2v) is 5.37. The van der Waals surface area contributed by atoms with E-state index in [1.165, 1.54) is 32.1 Å². The van der Waals surface area contributed by atoms with E-state index in [0.29, 0.717) is 5.54 Å². The average molecular weight is 199 g/mol. The van der Waals surface area contributed by atoms with Crippen molar-refractivity contribution in [2.24, 2.45) is 0 Å². The van der Waals surface area contributed by atoms with Gasteiger partial charge in [-0.3, -0.25) is 4.90 Å². The predicted molar refractivity (Wildman–Crippen MR) is 65.7 cm³/mol. The van der Waals surface area contributed by atoms with Crippen LogP contribution in [0.2, 0.25) is 0 Å². The topological polar surface area (TPSA) is 3.24 Å². The molecule has 0 spiro atoms. The highest BCUT2D eigenvalue weighted by molar-refractivity contribution is 4.79. The lowest BCUT2D eigenvalue weighted by Gasteiger charge is -2.39.